The van der Waals surface area contributed by atoms with Gasteiger partial charge < -0.3 is 10.1 Å². The van der Waals surface area contributed by atoms with Gasteiger partial charge in [0.15, 0.2) is 0 Å². The summed E-state index contributed by atoms with van der Waals surface area (Å²) in [5, 5.41) is 4.77. The van der Waals surface area contributed by atoms with Gasteiger partial charge in [-0.3, -0.25) is 0 Å². The Bertz CT molecular complexity index is 384. The van der Waals surface area contributed by atoms with Crippen LogP contribution in [0.3, 0.4) is 0 Å². The molecule has 0 fully saturated rings. The molecule has 0 heterocycles. The van der Waals surface area contributed by atoms with Gasteiger partial charge in [-0.15, -0.1) is 0 Å². The molecule has 0 bridgehead atoms. The first-order valence-corrected chi connectivity index (χ1v) is 6.37. The van der Waals surface area contributed by atoms with Crippen molar-refractivity contribution in [3.05, 3.63) is 27.2 Å². The van der Waals surface area contributed by atoms with E-state index in [2.05, 4.69) is 5.32 Å². The highest BCUT2D eigenvalue weighted by Gasteiger charge is 2.26. The molecule has 5 heteroatoms. The lowest BCUT2D eigenvalue weighted by Gasteiger charge is -2.32. The molecule has 0 aliphatic rings. The van der Waals surface area contributed by atoms with Crippen molar-refractivity contribution in [2.24, 2.45) is 0 Å². The van der Waals surface area contributed by atoms with Crippen molar-refractivity contribution in [1.29, 1.82) is 0 Å². The molecule has 1 aromatic carbocycles. The maximum absolute atomic E-state index is 6.10. The van der Waals surface area contributed by atoms with E-state index in [9.17, 15) is 0 Å². The average Bonchev–Trinajstić information content (AvgIpc) is 2.22. The van der Waals surface area contributed by atoms with Gasteiger partial charge >= 0.3 is 0 Å². The zero-order valence-corrected chi connectivity index (χ0v) is 12.5. The molecule has 0 saturated carbocycles. The van der Waals surface area contributed by atoms with E-state index in [1.54, 1.807) is 19.2 Å². The summed E-state index contributed by atoms with van der Waals surface area (Å²) in [6.45, 7) is 5.98. The van der Waals surface area contributed by atoms with Crippen molar-refractivity contribution in [1.82, 2.24) is 0 Å². The SMILES string of the molecule is COC(C)(C)C(C)Nc1c(Cl)cc(Cl)cc1Cl. The third-order valence-corrected chi connectivity index (χ3v) is 3.75. The number of ether oxygens (including phenoxy) is 1. The summed E-state index contributed by atoms with van der Waals surface area (Å²) >= 11 is 18.1. The van der Waals surface area contributed by atoms with Crippen LogP contribution in [0.1, 0.15) is 20.8 Å². The van der Waals surface area contributed by atoms with Crippen LogP contribution in [0.4, 0.5) is 5.69 Å². The molecule has 1 aromatic rings. The Balaban J connectivity index is 2.96. The van der Waals surface area contributed by atoms with Gasteiger partial charge in [-0.25, -0.2) is 0 Å². The Morgan fingerprint density at radius 1 is 1.18 bits per heavy atom. The van der Waals surface area contributed by atoms with Crippen LogP contribution in [0.15, 0.2) is 12.1 Å². The molecule has 1 unspecified atom stereocenters. The van der Waals surface area contributed by atoms with E-state index < -0.39 is 0 Å². The second kappa shape index (κ2) is 5.66. The minimum absolute atomic E-state index is 0.0451. The normalized spacial score (nSPS) is 13.6. The lowest BCUT2D eigenvalue weighted by molar-refractivity contribution is 0.0107. The molecule has 2 nitrogen and oxygen atoms in total. The lowest BCUT2D eigenvalue weighted by atomic mass is 10.00. The Hall–Kier alpha value is -0.150. The number of nitrogens with one attached hydrogen (secondary N) is 1. The Morgan fingerprint density at radius 3 is 2.06 bits per heavy atom. The number of hydrogen-bond acceptors (Lipinski definition) is 2. The third-order valence-electron chi connectivity index (χ3n) is 2.94. The number of hydrogen-bond donors (Lipinski definition) is 1. The van der Waals surface area contributed by atoms with E-state index in [4.69, 9.17) is 39.5 Å². The Kier molecular flexibility index (Phi) is 4.96. The number of halogens is 3. The molecule has 0 amide bonds. The van der Waals surface area contributed by atoms with E-state index in [1.165, 1.54) is 0 Å². The summed E-state index contributed by atoms with van der Waals surface area (Å²) in [5.41, 5.74) is 0.349. The fourth-order valence-electron chi connectivity index (χ4n) is 1.25. The Morgan fingerprint density at radius 2 is 1.65 bits per heavy atom. The minimum Gasteiger partial charge on any atom is -0.377 e. The van der Waals surface area contributed by atoms with E-state index in [0.29, 0.717) is 20.8 Å². The van der Waals surface area contributed by atoms with Gasteiger partial charge in [0, 0.05) is 12.1 Å². The highest BCUT2D eigenvalue weighted by Crippen LogP contribution is 2.35. The zero-order valence-electron chi connectivity index (χ0n) is 10.3. The molecule has 17 heavy (non-hydrogen) atoms. The molecule has 0 saturated heterocycles. The van der Waals surface area contributed by atoms with Gasteiger partial charge in [-0.05, 0) is 32.9 Å². The molecule has 0 radical (unpaired) electrons. The van der Waals surface area contributed by atoms with Gasteiger partial charge in [0.2, 0.25) is 0 Å². The second-order valence-electron chi connectivity index (χ2n) is 4.42. The Labute approximate surface area is 117 Å². The van der Waals surface area contributed by atoms with Gasteiger partial charge in [0.1, 0.15) is 0 Å². The van der Waals surface area contributed by atoms with E-state index in [0.717, 1.165) is 0 Å². The predicted molar refractivity (Wildman–Crippen MR) is 75.6 cm³/mol. The van der Waals surface area contributed by atoms with Crippen LogP contribution < -0.4 is 5.32 Å². The zero-order chi connectivity index (χ0) is 13.2. The highest BCUT2D eigenvalue weighted by molar-refractivity contribution is 6.41. The fraction of sp³-hybridized carbons (Fsp3) is 0.500. The average molecular weight is 297 g/mol. The maximum Gasteiger partial charge on any atom is 0.0820 e. The summed E-state index contributed by atoms with van der Waals surface area (Å²) in [7, 11) is 1.67. The molecule has 1 rings (SSSR count). The molecule has 0 aliphatic heterocycles. The van der Waals surface area contributed by atoms with Crippen molar-refractivity contribution >= 4 is 40.5 Å². The van der Waals surface area contributed by atoms with E-state index in [1.807, 2.05) is 20.8 Å². The van der Waals surface area contributed by atoms with Crippen LogP contribution in [-0.4, -0.2) is 18.8 Å². The standard InChI is InChI=1S/C12H16Cl3NO/c1-7(12(2,3)17-4)16-11-9(14)5-8(13)6-10(11)15/h5-7,16H,1-4H3. The first kappa shape index (κ1) is 14.9. The van der Waals surface area contributed by atoms with Crippen molar-refractivity contribution in [2.75, 3.05) is 12.4 Å². The number of methoxy groups -OCH3 is 1. The quantitative estimate of drug-likeness (QED) is 0.855. The minimum atomic E-state index is -0.327. The van der Waals surface area contributed by atoms with E-state index >= 15 is 0 Å². The topological polar surface area (TPSA) is 21.3 Å². The van der Waals surface area contributed by atoms with Crippen LogP contribution in [0, 0.1) is 0 Å². The third kappa shape index (κ3) is 3.65. The smallest absolute Gasteiger partial charge is 0.0820 e. The van der Waals surface area contributed by atoms with Crippen molar-refractivity contribution in [3.63, 3.8) is 0 Å². The van der Waals surface area contributed by atoms with Gasteiger partial charge in [0.05, 0.1) is 27.4 Å². The molecule has 0 aromatic heterocycles. The van der Waals surface area contributed by atoms with Gasteiger partial charge in [-0.1, -0.05) is 34.8 Å². The van der Waals surface area contributed by atoms with Crippen molar-refractivity contribution < 1.29 is 4.74 Å². The maximum atomic E-state index is 6.10. The monoisotopic (exact) mass is 295 g/mol. The van der Waals surface area contributed by atoms with Crippen LogP contribution in [0.5, 0.6) is 0 Å². The van der Waals surface area contributed by atoms with Gasteiger partial charge in [0.25, 0.3) is 0 Å². The van der Waals surface area contributed by atoms with Crippen molar-refractivity contribution in [2.45, 2.75) is 32.4 Å². The molecule has 1 atom stereocenters. The molecule has 96 valence electrons. The fourth-order valence-corrected chi connectivity index (χ4v) is 2.17. The summed E-state index contributed by atoms with van der Waals surface area (Å²) in [6.07, 6.45) is 0. The summed E-state index contributed by atoms with van der Waals surface area (Å²) < 4.78 is 5.40. The number of rotatable bonds is 4. The molecular weight excluding hydrogens is 280 g/mol. The molecule has 0 aliphatic carbocycles. The second-order valence-corrected chi connectivity index (χ2v) is 5.67. The highest BCUT2D eigenvalue weighted by atomic mass is 35.5. The van der Waals surface area contributed by atoms with E-state index in [-0.39, 0.29) is 11.6 Å². The largest absolute Gasteiger partial charge is 0.377 e. The summed E-state index contributed by atoms with van der Waals surface area (Å²) in [5.74, 6) is 0. The molecule has 0 spiro atoms. The first-order chi connectivity index (χ1) is 7.77. The first-order valence-electron chi connectivity index (χ1n) is 5.24. The van der Waals surface area contributed by atoms with Gasteiger partial charge in [-0.2, -0.15) is 0 Å². The van der Waals surface area contributed by atoms with Crippen LogP contribution in [0.25, 0.3) is 0 Å². The van der Waals surface area contributed by atoms with Crippen LogP contribution in [-0.2, 0) is 4.74 Å². The van der Waals surface area contributed by atoms with Crippen LogP contribution >= 0.6 is 34.8 Å². The lowest BCUT2D eigenvalue weighted by Crippen LogP contribution is -2.41. The van der Waals surface area contributed by atoms with Crippen LogP contribution in [0.2, 0.25) is 15.1 Å². The number of benzene rings is 1. The number of anilines is 1. The summed E-state index contributed by atoms with van der Waals surface area (Å²) in [6, 6.07) is 3.36. The molecular formula is C12H16Cl3NO. The molecule has 1 N–H and O–H groups in total. The predicted octanol–water partition coefficient (Wildman–Crippen LogP) is 4.87. The van der Waals surface area contributed by atoms with Crippen molar-refractivity contribution in [3.8, 4) is 0 Å². The summed E-state index contributed by atoms with van der Waals surface area (Å²) in [4.78, 5) is 0.